The molecule has 0 radical (unpaired) electrons. The second-order valence-corrected chi connectivity index (χ2v) is 2.50. The molecule has 0 aromatic carbocycles. The molecule has 2 nitrogen and oxygen atoms in total. The molecule has 0 amide bonds. The molecule has 0 aromatic heterocycles. The third kappa shape index (κ3) is 0.569. The molecule has 8 heavy (non-hydrogen) atoms. The topological polar surface area (TPSA) is 32.3 Å². The van der Waals surface area contributed by atoms with Crippen LogP contribution in [0.3, 0.4) is 0 Å². The fraction of sp³-hybridized carbons (Fsp3) is 1.00. The Morgan fingerprint density at radius 1 is 1.50 bits per heavy atom. The first-order valence-corrected chi connectivity index (χ1v) is 2.79. The molecule has 0 spiro atoms. The van der Waals surface area contributed by atoms with Crippen molar-refractivity contribution >= 4 is 12.4 Å². The summed E-state index contributed by atoms with van der Waals surface area (Å²) in [4.78, 5) is 0. The van der Waals surface area contributed by atoms with Crippen LogP contribution in [0.25, 0.3) is 0 Å². The predicted molar refractivity (Wildman–Crippen MR) is 33.2 cm³/mol. The molecule has 2 bridgehead atoms. The van der Waals surface area contributed by atoms with Crippen molar-refractivity contribution in [2.45, 2.75) is 18.6 Å². The summed E-state index contributed by atoms with van der Waals surface area (Å²) in [6.45, 7) is 1.05. The molecule has 3 heteroatoms. The monoisotopic (exact) mass is 135 g/mol. The van der Waals surface area contributed by atoms with Crippen LogP contribution in [0.2, 0.25) is 0 Å². The van der Waals surface area contributed by atoms with E-state index in [9.17, 15) is 0 Å². The first-order chi connectivity index (χ1) is 3.38. The normalized spacial score (nSPS) is 49.9. The maximum Gasteiger partial charge on any atom is 0.0734 e. The van der Waals surface area contributed by atoms with E-state index in [1.54, 1.807) is 0 Å². The van der Waals surface area contributed by atoms with E-state index in [2.05, 4.69) is 5.32 Å². The molecule has 48 valence electrons. The fourth-order valence-corrected chi connectivity index (χ4v) is 1.45. The minimum absolute atomic E-state index is 0. The van der Waals surface area contributed by atoms with Crippen LogP contribution in [0.4, 0.5) is 0 Å². The Kier molecular flexibility index (Phi) is 1.48. The Bertz CT molecular complexity index is 84.4. The van der Waals surface area contributed by atoms with E-state index in [0.29, 0.717) is 12.0 Å². The average Bonchev–Trinajstić information content (AvgIpc) is 2.18. The summed E-state index contributed by atoms with van der Waals surface area (Å²) in [7, 11) is 0. The van der Waals surface area contributed by atoms with E-state index < -0.39 is 0 Å². The number of aliphatic hydroxyl groups excluding tert-OH is 1. The molecular formula is C5H10ClNO. The molecule has 0 unspecified atom stereocenters. The maximum atomic E-state index is 8.98. The van der Waals surface area contributed by atoms with E-state index in [1.807, 2.05) is 0 Å². The van der Waals surface area contributed by atoms with Crippen LogP contribution in [0.15, 0.2) is 0 Å². The third-order valence-electron chi connectivity index (χ3n) is 2.09. The van der Waals surface area contributed by atoms with Crippen molar-refractivity contribution in [2.75, 3.05) is 6.54 Å². The second kappa shape index (κ2) is 1.87. The number of hydrogen-bond acceptors (Lipinski definition) is 2. The van der Waals surface area contributed by atoms with Gasteiger partial charge in [-0.25, -0.2) is 0 Å². The van der Waals surface area contributed by atoms with Gasteiger partial charge in [-0.2, -0.15) is 0 Å². The molecule has 2 heterocycles. The number of halogens is 1. The molecule has 2 aliphatic heterocycles. The molecule has 3 aliphatic rings. The highest BCUT2D eigenvalue weighted by molar-refractivity contribution is 5.85. The van der Waals surface area contributed by atoms with Gasteiger partial charge in [-0.05, 0) is 6.42 Å². The van der Waals surface area contributed by atoms with E-state index in [0.717, 1.165) is 6.54 Å². The standard InChI is InChI=1S/C5H9NO.ClH/c7-5-3-1-4(5)6-2-3;/h3-7H,1-2H2;1H/t3-,4-,5+;/m0./s1. The Morgan fingerprint density at radius 3 is 2.38 bits per heavy atom. The minimum atomic E-state index is -0.000000000000000222. The molecule has 0 aromatic rings. The van der Waals surface area contributed by atoms with Crippen LogP contribution in [-0.4, -0.2) is 23.8 Å². The zero-order chi connectivity index (χ0) is 4.85. The van der Waals surface area contributed by atoms with Gasteiger partial charge in [0.15, 0.2) is 0 Å². The van der Waals surface area contributed by atoms with Gasteiger partial charge in [0.25, 0.3) is 0 Å². The Labute approximate surface area is 54.7 Å². The summed E-state index contributed by atoms with van der Waals surface area (Å²) in [5.41, 5.74) is 0. The first kappa shape index (κ1) is 6.33. The first-order valence-electron chi connectivity index (χ1n) is 2.79. The number of fused-ring (bicyclic) bond motifs is 1. The van der Waals surface area contributed by atoms with Gasteiger partial charge in [-0.3, -0.25) is 0 Å². The molecule has 3 rings (SSSR count). The smallest absolute Gasteiger partial charge is 0.0734 e. The fourth-order valence-electron chi connectivity index (χ4n) is 1.45. The Morgan fingerprint density at radius 2 is 2.25 bits per heavy atom. The van der Waals surface area contributed by atoms with Crippen LogP contribution in [0.5, 0.6) is 0 Å². The molecule has 2 saturated heterocycles. The predicted octanol–water partition coefficient (Wildman–Crippen LogP) is -0.239. The SMILES string of the molecule is Cl.O[C@@H]1[C@@H]2CN[C@H]1C2. The number of hydrogen-bond donors (Lipinski definition) is 2. The second-order valence-electron chi connectivity index (χ2n) is 2.50. The summed E-state index contributed by atoms with van der Waals surface area (Å²) in [5.74, 6) is 0.602. The lowest BCUT2D eigenvalue weighted by Crippen LogP contribution is -2.41. The van der Waals surface area contributed by atoms with Crippen LogP contribution < -0.4 is 5.32 Å². The summed E-state index contributed by atoms with van der Waals surface area (Å²) in [6, 6.07) is 0.463. The lowest BCUT2D eigenvalue weighted by Gasteiger charge is -2.28. The Hall–Kier alpha value is 0.210. The largest absolute Gasteiger partial charge is 0.391 e. The average molecular weight is 136 g/mol. The molecular weight excluding hydrogens is 126 g/mol. The number of aliphatic hydroxyl groups is 1. The molecule has 1 aliphatic carbocycles. The molecule has 3 atom stereocenters. The van der Waals surface area contributed by atoms with Crippen LogP contribution >= 0.6 is 12.4 Å². The summed E-state index contributed by atoms with van der Waals surface area (Å²) >= 11 is 0. The maximum absolute atomic E-state index is 8.98. The van der Waals surface area contributed by atoms with E-state index >= 15 is 0 Å². The van der Waals surface area contributed by atoms with Crippen molar-refractivity contribution in [2.24, 2.45) is 5.92 Å². The highest BCUT2D eigenvalue weighted by Gasteiger charge is 2.45. The summed E-state index contributed by atoms with van der Waals surface area (Å²) < 4.78 is 0. The van der Waals surface area contributed by atoms with Gasteiger partial charge in [0.05, 0.1) is 6.10 Å². The van der Waals surface area contributed by atoms with E-state index in [4.69, 9.17) is 5.11 Å². The number of rotatable bonds is 0. The van der Waals surface area contributed by atoms with Gasteiger partial charge < -0.3 is 10.4 Å². The lowest BCUT2D eigenvalue weighted by atomic mass is 9.83. The minimum Gasteiger partial charge on any atom is -0.391 e. The highest BCUT2D eigenvalue weighted by atomic mass is 35.5. The van der Waals surface area contributed by atoms with Crippen molar-refractivity contribution in [1.82, 2.24) is 5.32 Å². The quantitative estimate of drug-likeness (QED) is 0.481. The van der Waals surface area contributed by atoms with Crippen LogP contribution in [0, 0.1) is 5.92 Å². The van der Waals surface area contributed by atoms with Gasteiger partial charge in [0.1, 0.15) is 0 Å². The van der Waals surface area contributed by atoms with Gasteiger partial charge in [-0.15, -0.1) is 12.4 Å². The van der Waals surface area contributed by atoms with Crippen molar-refractivity contribution in [3.63, 3.8) is 0 Å². The Balaban J connectivity index is 0.000000320. The molecule has 2 N–H and O–H groups in total. The van der Waals surface area contributed by atoms with Gasteiger partial charge in [0, 0.05) is 18.5 Å². The zero-order valence-electron chi connectivity index (χ0n) is 4.50. The van der Waals surface area contributed by atoms with Crippen molar-refractivity contribution in [3.8, 4) is 0 Å². The van der Waals surface area contributed by atoms with Crippen molar-refractivity contribution in [3.05, 3.63) is 0 Å². The lowest BCUT2D eigenvalue weighted by molar-refractivity contribution is 0.0447. The van der Waals surface area contributed by atoms with E-state index in [-0.39, 0.29) is 18.5 Å². The van der Waals surface area contributed by atoms with Gasteiger partial charge >= 0.3 is 0 Å². The number of nitrogens with one attached hydrogen (secondary N) is 1. The molecule has 3 fully saturated rings. The summed E-state index contributed by atoms with van der Waals surface area (Å²) in [6.07, 6.45) is 1.21. The van der Waals surface area contributed by atoms with Gasteiger partial charge in [-0.1, -0.05) is 0 Å². The zero-order valence-corrected chi connectivity index (χ0v) is 5.32. The van der Waals surface area contributed by atoms with Crippen molar-refractivity contribution in [1.29, 1.82) is 0 Å². The van der Waals surface area contributed by atoms with E-state index in [1.165, 1.54) is 6.42 Å². The van der Waals surface area contributed by atoms with Crippen LogP contribution in [-0.2, 0) is 0 Å². The van der Waals surface area contributed by atoms with Crippen LogP contribution in [0.1, 0.15) is 6.42 Å². The summed E-state index contributed by atoms with van der Waals surface area (Å²) in [5, 5.41) is 12.2. The highest BCUT2D eigenvalue weighted by Crippen LogP contribution is 2.33. The third-order valence-corrected chi connectivity index (χ3v) is 2.09. The van der Waals surface area contributed by atoms with Gasteiger partial charge in [0.2, 0.25) is 0 Å². The van der Waals surface area contributed by atoms with Crippen molar-refractivity contribution < 1.29 is 5.11 Å². The molecule has 1 saturated carbocycles.